The van der Waals surface area contributed by atoms with Crippen LogP contribution in [0, 0.1) is 6.92 Å². The first-order valence-electron chi connectivity index (χ1n) is 7.06. The number of aryl methyl sites for hydroxylation is 1. The summed E-state index contributed by atoms with van der Waals surface area (Å²) in [6.45, 7) is 6.28. The Morgan fingerprint density at radius 3 is 2.59 bits per heavy atom. The van der Waals surface area contributed by atoms with Gasteiger partial charge in [0.05, 0.1) is 11.6 Å². The number of thiazole rings is 1. The molecule has 1 heterocycles. The third-order valence-corrected chi connectivity index (χ3v) is 4.04. The molecule has 2 rings (SSSR count). The fourth-order valence-corrected chi connectivity index (χ4v) is 2.76. The molecular formula is C16H19N3O2S. The van der Waals surface area contributed by atoms with Crippen LogP contribution in [0.1, 0.15) is 35.2 Å². The van der Waals surface area contributed by atoms with Gasteiger partial charge in [0.15, 0.2) is 0 Å². The van der Waals surface area contributed by atoms with Crippen LogP contribution < -0.4 is 10.6 Å². The summed E-state index contributed by atoms with van der Waals surface area (Å²) in [4.78, 5) is 28.9. The molecule has 2 amide bonds. The van der Waals surface area contributed by atoms with E-state index >= 15 is 0 Å². The summed E-state index contributed by atoms with van der Waals surface area (Å²) in [5.74, 6) is -1.04. The molecule has 0 radical (unpaired) electrons. The van der Waals surface area contributed by atoms with Crippen molar-refractivity contribution < 1.29 is 9.59 Å². The maximum absolute atomic E-state index is 12.0. The summed E-state index contributed by atoms with van der Waals surface area (Å²) >= 11 is 1.49. The second-order valence-electron chi connectivity index (χ2n) is 5.22. The lowest BCUT2D eigenvalue weighted by Crippen LogP contribution is -2.35. The van der Waals surface area contributed by atoms with Crippen LogP contribution in [0.2, 0.25) is 0 Å². The van der Waals surface area contributed by atoms with Crippen molar-refractivity contribution in [3.8, 4) is 0 Å². The van der Waals surface area contributed by atoms with Crippen LogP contribution in [-0.2, 0) is 16.1 Å². The van der Waals surface area contributed by atoms with E-state index in [2.05, 4.69) is 15.6 Å². The van der Waals surface area contributed by atoms with E-state index in [9.17, 15) is 9.59 Å². The number of rotatable bonds is 4. The van der Waals surface area contributed by atoms with Crippen LogP contribution in [0.4, 0.5) is 5.69 Å². The molecule has 0 saturated heterocycles. The molecule has 1 aromatic carbocycles. The van der Waals surface area contributed by atoms with E-state index in [1.807, 2.05) is 39.0 Å². The first-order chi connectivity index (χ1) is 10.5. The molecule has 116 valence electrons. The van der Waals surface area contributed by atoms with Crippen molar-refractivity contribution in [3.63, 3.8) is 0 Å². The minimum atomic E-state index is -0.658. The third-order valence-electron chi connectivity index (χ3n) is 3.13. The van der Waals surface area contributed by atoms with E-state index in [1.54, 1.807) is 12.3 Å². The van der Waals surface area contributed by atoms with Gasteiger partial charge in [-0.25, -0.2) is 4.98 Å². The number of amides is 2. The standard InChI is InChI=1S/C16H19N3O2S/c1-10(2)13-6-4-5-7-14(13)19-16(21)15(20)18-9-12-8-17-11(3)22-12/h4-8,10H,9H2,1-3H3,(H,18,20)(H,19,21). The fourth-order valence-electron chi connectivity index (χ4n) is 2.03. The minimum Gasteiger partial charge on any atom is -0.343 e. The fraction of sp³-hybridized carbons (Fsp3) is 0.312. The molecule has 0 bridgehead atoms. The molecule has 0 fully saturated rings. The van der Waals surface area contributed by atoms with Crippen LogP contribution in [-0.4, -0.2) is 16.8 Å². The van der Waals surface area contributed by atoms with E-state index < -0.39 is 11.8 Å². The smallest absolute Gasteiger partial charge is 0.313 e. The number of nitrogens with zero attached hydrogens (tertiary/aromatic N) is 1. The Balaban J connectivity index is 1.95. The SMILES string of the molecule is Cc1ncc(CNC(=O)C(=O)Nc2ccccc2C(C)C)s1. The average Bonchev–Trinajstić information content (AvgIpc) is 2.90. The highest BCUT2D eigenvalue weighted by atomic mass is 32.1. The van der Waals surface area contributed by atoms with Crippen molar-refractivity contribution in [3.05, 3.63) is 45.9 Å². The Morgan fingerprint density at radius 1 is 1.23 bits per heavy atom. The quantitative estimate of drug-likeness (QED) is 0.852. The molecular weight excluding hydrogens is 298 g/mol. The van der Waals surface area contributed by atoms with E-state index in [-0.39, 0.29) is 5.92 Å². The Morgan fingerprint density at radius 2 is 1.95 bits per heavy atom. The van der Waals surface area contributed by atoms with Crippen molar-refractivity contribution in [2.45, 2.75) is 33.2 Å². The minimum absolute atomic E-state index is 0.264. The van der Waals surface area contributed by atoms with Gasteiger partial charge in [-0.3, -0.25) is 9.59 Å². The molecule has 2 aromatic rings. The molecule has 22 heavy (non-hydrogen) atoms. The zero-order valence-electron chi connectivity index (χ0n) is 12.8. The highest BCUT2D eigenvalue weighted by molar-refractivity contribution is 7.11. The lowest BCUT2D eigenvalue weighted by molar-refractivity contribution is -0.136. The number of hydrogen-bond donors (Lipinski definition) is 2. The van der Waals surface area contributed by atoms with Crippen molar-refractivity contribution in [1.82, 2.24) is 10.3 Å². The summed E-state index contributed by atoms with van der Waals surface area (Å²) in [6.07, 6.45) is 1.70. The van der Waals surface area contributed by atoms with Crippen LogP contribution >= 0.6 is 11.3 Å². The molecule has 0 atom stereocenters. The van der Waals surface area contributed by atoms with Crippen LogP contribution in [0.15, 0.2) is 30.5 Å². The highest BCUT2D eigenvalue weighted by Crippen LogP contribution is 2.23. The predicted octanol–water partition coefficient (Wildman–Crippen LogP) is 2.83. The Labute approximate surface area is 133 Å². The average molecular weight is 317 g/mol. The summed E-state index contributed by atoms with van der Waals surface area (Å²) in [6, 6.07) is 7.49. The lowest BCUT2D eigenvalue weighted by atomic mass is 10.0. The van der Waals surface area contributed by atoms with Gasteiger partial charge >= 0.3 is 11.8 Å². The molecule has 2 N–H and O–H groups in total. The van der Waals surface area contributed by atoms with Gasteiger partial charge in [0.25, 0.3) is 0 Å². The first-order valence-corrected chi connectivity index (χ1v) is 7.88. The summed E-state index contributed by atoms with van der Waals surface area (Å²) in [5.41, 5.74) is 1.67. The number of benzene rings is 1. The second-order valence-corrected chi connectivity index (χ2v) is 6.54. The van der Waals surface area contributed by atoms with E-state index in [1.165, 1.54) is 11.3 Å². The van der Waals surface area contributed by atoms with E-state index in [0.717, 1.165) is 15.4 Å². The molecule has 0 aliphatic rings. The number of para-hydroxylation sites is 1. The van der Waals surface area contributed by atoms with Gasteiger partial charge in [0.1, 0.15) is 0 Å². The molecule has 0 saturated carbocycles. The van der Waals surface area contributed by atoms with Gasteiger partial charge in [-0.1, -0.05) is 32.0 Å². The van der Waals surface area contributed by atoms with Gasteiger partial charge in [0, 0.05) is 16.8 Å². The molecule has 6 heteroatoms. The molecule has 0 aliphatic heterocycles. The van der Waals surface area contributed by atoms with Crippen molar-refractivity contribution in [2.75, 3.05) is 5.32 Å². The zero-order chi connectivity index (χ0) is 16.1. The maximum Gasteiger partial charge on any atom is 0.313 e. The second kappa shape index (κ2) is 7.17. The van der Waals surface area contributed by atoms with Gasteiger partial charge in [-0.2, -0.15) is 0 Å². The number of hydrogen-bond acceptors (Lipinski definition) is 4. The number of anilines is 1. The van der Waals surface area contributed by atoms with Crippen molar-refractivity contribution in [1.29, 1.82) is 0 Å². The van der Waals surface area contributed by atoms with Gasteiger partial charge in [0.2, 0.25) is 0 Å². The number of carbonyl (C=O) groups is 2. The Bertz CT molecular complexity index is 680. The predicted molar refractivity (Wildman–Crippen MR) is 87.9 cm³/mol. The summed E-state index contributed by atoms with van der Waals surface area (Å²) in [5, 5.41) is 6.20. The molecule has 0 unspecified atom stereocenters. The van der Waals surface area contributed by atoms with Crippen LogP contribution in [0.3, 0.4) is 0 Å². The molecule has 0 aliphatic carbocycles. The van der Waals surface area contributed by atoms with Crippen LogP contribution in [0.25, 0.3) is 0 Å². The van der Waals surface area contributed by atoms with E-state index in [0.29, 0.717) is 12.2 Å². The van der Waals surface area contributed by atoms with Crippen molar-refractivity contribution in [2.24, 2.45) is 0 Å². The normalized spacial score (nSPS) is 10.5. The zero-order valence-corrected chi connectivity index (χ0v) is 13.7. The van der Waals surface area contributed by atoms with Gasteiger partial charge < -0.3 is 10.6 Å². The van der Waals surface area contributed by atoms with Crippen LogP contribution in [0.5, 0.6) is 0 Å². The highest BCUT2D eigenvalue weighted by Gasteiger charge is 2.16. The topological polar surface area (TPSA) is 71.1 Å². The number of aromatic nitrogens is 1. The molecule has 1 aromatic heterocycles. The Hall–Kier alpha value is -2.21. The number of carbonyl (C=O) groups excluding carboxylic acids is 2. The molecule has 0 spiro atoms. The van der Waals surface area contributed by atoms with Gasteiger partial charge in [-0.15, -0.1) is 11.3 Å². The lowest BCUT2D eigenvalue weighted by Gasteiger charge is -2.13. The number of nitrogens with one attached hydrogen (secondary N) is 2. The first kappa shape index (κ1) is 16.2. The Kier molecular flexibility index (Phi) is 5.27. The van der Waals surface area contributed by atoms with Crippen molar-refractivity contribution >= 4 is 28.8 Å². The molecule has 5 nitrogen and oxygen atoms in total. The van der Waals surface area contributed by atoms with E-state index in [4.69, 9.17) is 0 Å². The summed E-state index contributed by atoms with van der Waals surface area (Å²) < 4.78 is 0. The maximum atomic E-state index is 12.0. The largest absolute Gasteiger partial charge is 0.343 e. The van der Waals surface area contributed by atoms with Gasteiger partial charge in [-0.05, 0) is 24.5 Å². The third kappa shape index (κ3) is 4.14. The summed E-state index contributed by atoms with van der Waals surface area (Å²) in [7, 11) is 0. The monoisotopic (exact) mass is 317 g/mol.